The molecule has 2 atom stereocenters. The van der Waals surface area contributed by atoms with Crippen molar-refractivity contribution in [2.75, 3.05) is 33.3 Å². The first-order valence-electron chi connectivity index (χ1n) is 10.9. The molecule has 31 heavy (non-hydrogen) atoms. The molecule has 1 saturated heterocycles. The Morgan fingerprint density at radius 3 is 2.10 bits per heavy atom. The molecule has 1 aliphatic heterocycles. The predicted molar refractivity (Wildman–Crippen MR) is 116 cm³/mol. The average molecular weight is 435 g/mol. The molecule has 8 nitrogen and oxygen atoms in total. The molecular formula is C23H34N2O6. The van der Waals surface area contributed by atoms with E-state index in [4.69, 9.17) is 24.5 Å². The van der Waals surface area contributed by atoms with E-state index in [1.165, 1.54) is 32.4 Å². The highest BCUT2D eigenvalue weighted by molar-refractivity contribution is 6.27. The third-order valence-corrected chi connectivity index (χ3v) is 6.07. The number of carbonyl (C=O) groups excluding carboxylic acids is 1. The molecule has 3 rings (SSSR count). The minimum atomic E-state index is -1.82. The Hall–Kier alpha value is -2.61. The van der Waals surface area contributed by atoms with Crippen LogP contribution in [0.3, 0.4) is 0 Å². The van der Waals surface area contributed by atoms with E-state index in [2.05, 4.69) is 4.90 Å². The Morgan fingerprint density at radius 2 is 1.61 bits per heavy atom. The van der Waals surface area contributed by atoms with Crippen molar-refractivity contribution < 1.29 is 29.3 Å². The van der Waals surface area contributed by atoms with Crippen LogP contribution >= 0.6 is 0 Å². The van der Waals surface area contributed by atoms with Crippen LogP contribution in [0.1, 0.15) is 49.9 Å². The van der Waals surface area contributed by atoms with Crippen molar-refractivity contribution in [3.63, 3.8) is 0 Å². The first-order valence-corrected chi connectivity index (χ1v) is 10.9. The number of likely N-dealkylation sites (tertiary alicyclic amines) is 1. The van der Waals surface area contributed by atoms with Crippen LogP contribution in [0.5, 0.6) is 5.75 Å². The summed E-state index contributed by atoms with van der Waals surface area (Å²) in [5, 5.41) is 14.8. The van der Waals surface area contributed by atoms with Gasteiger partial charge < -0.3 is 24.7 Å². The Morgan fingerprint density at radius 1 is 1.06 bits per heavy atom. The second-order valence-electron chi connectivity index (χ2n) is 8.56. The number of hydrogen-bond donors (Lipinski definition) is 2. The van der Waals surface area contributed by atoms with Crippen molar-refractivity contribution in [1.82, 2.24) is 9.80 Å². The fourth-order valence-corrected chi connectivity index (χ4v) is 4.12. The second kappa shape index (κ2) is 11.7. The zero-order valence-electron chi connectivity index (χ0n) is 18.6. The van der Waals surface area contributed by atoms with E-state index in [1.54, 1.807) is 4.90 Å². The summed E-state index contributed by atoms with van der Waals surface area (Å²) in [6.07, 6.45) is 5.39. The van der Waals surface area contributed by atoms with Crippen molar-refractivity contribution in [3.05, 3.63) is 29.8 Å². The van der Waals surface area contributed by atoms with Gasteiger partial charge in [-0.05, 0) is 69.2 Å². The molecular weight excluding hydrogens is 400 g/mol. The summed E-state index contributed by atoms with van der Waals surface area (Å²) in [5.41, 5.74) is 0.715. The molecule has 1 aromatic rings. The number of hydrogen-bond acceptors (Lipinski definition) is 5. The number of fused-ring (bicyclic) bond motifs is 1. The van der Waals surface area contributed by atoms with E-state index in [9.17, 15) is 4.79 Å². The van der Waals surface area contributed by atoms with Crippen LogP contribution < -0.4 is 4.74 Å². The quantitative estimate of drug-likeness (QED) is 0.502. The molecule has 0 spiro atoms. The van der Waals surface area contributed by atoms with Gasteiger partial charge in [0.1, 0.15) is 5.75 Å². The molecule has 1 aromatic carbocycles. The second-order valence-corrected chi connectivity index (χ2v) is 8.56. The Labute approximate surface area is 183 Å². The largest absolute Gasteiger partial charge is 0.494 e. The maximum absolute atomic E-state index is 12.3. The molecule has 1 amide bonds. The van der Waals surface area contributed by atoms with Gasteiger partial charge in [0.2, 0.25) is 0 Å². The SMILES string of the molecule is CC(C)N(C)C(=O)c1ccc(OCCCN2CC3CCCC3C2)cc1.O=C(O)C(=O)O. The minimum absolute atomic E-state index is 0.0566. The van der Waals surface area contributed by atoms with Gasteiger partial charge >= 0.3 is 11.9 Å². The van der Waals surface area contributed by atoms with Gasteiger partial charge in [0.25, 0.3) is 5.91 Å². The Balaban J connectivity index is 0.000000501. The van der Waals surface area contributed by atoms with Gasteiger partial charge in [-0.3, -0.25) is 4.79 Å². The van der Waals surface area contributed by atoms with Crippen molar-refractivity contribution in [3.8, 4) is 5.75 Å². The molecule has 2 aliphatic rings. The first kappa shape index (κ1) is 24.7. The van der Waals surface area contributed by atoms with Crippen LogP contribution in [0.2, 0.25) is 0 Å². The molecule has 1 aliphatic carbocycles. The third kappa shape index (κ3) is 7.54. The summed E-state index contributed by atoms with van der Waals surface area (Å²) in [4.78, 5) is 34.8. The maximum atomic E-state index is 12.3. The number of nitrogens with zero attached hydrogens (tertiary/aromatic N) is 2. The highest BCUT2D eigenvalue weighted by atomic mass is 16.5. The monoisotopic (exact) mass is 434 g/mol. The van der Waals surface area contributed by atoms with Gasteiger partial charge in [-0.25, -0.2) is 9.59 Å². The van der Waals surface area contributed by atoms with E-state index in [-0.39, 0.29) is 11.9 Å². The number of carbonyl (C=O) groups is 3. The molecule has 0 radical (unpaired) electrons. The number of amides is 1. The Bertz CT molecular complexity index is 725. The average Bonchev–Trinajstić information content (AvgIpc) is 3.32. The zero-order valence-corrected chi connectivity index (χ0v) is 18.6. The van der Waals surface area contributed by atoms with Crippen LogP contribution in [-0.4, -0.2) is 77.2 Å². The van der Waals surface area contributed by atoms with Crippen molar-refractivity contribution in [2.24, 2.45) is 11.8 Å². The molecule has 172 valence electrons. The minimum Gasteiger partial charge on any atom is -0.494 e. The molecule has 2 fully saturated rings. The van der Waals surface area contributed by atoms with Crippen LogP contribution in [0.4, 0.5) is 0 Å². The molecule has 0 bridgehead atoms. The lowest BCUT2D eigenvalue weighted by Crippen LogP contribution is -2.32. The normalized spacial score (nSPS) is 20.0. The lowest BCUT2D eigenvalue weighted by Gasteiger charge is -2.21. The van der Waals surface area contributed by atoms with Gasteiger partial charge in [-0.15, -0.1) is 0 Å². The van der Waals surface area contributed by atoms with Gasteiger partial charge in [-0.1, -0.05) is 6.42 Å². The lowest BCUT2D eigenvalue weighted by atomic mass is 10.0. The summed E-state index contributed by atoms with van der Waals surface area (Å²) in [6.45, 7) is 8.51. The fourth-order valence-electron chi connectivity index (χ4n) is 4.12. The predicted octanol–water partition coefficient (Wildman–Crippen LogP) is 2.82. The number of carboxylic acids is 2. The van der Waals surface area contributed by atoms with Crippen LogP contribution in [0, 0.1) is 11.8 Å². The van der Waals surface area contributed by atoms with E-state index < -0.39 is 11.9 Å². The molecule has 1 heterocycles. The zero-order chi connectivity index (χ0) is 23.0. The highest BCUT2D eigenvalue weighted by Gasteiger charge is 2.35. The summed E-state index contributed by atoms with van der Waals surface area (Å²) in [6, 6.07) is 7.73. The van der Waals surface area contributed by atoms with E-state index in [1.807, 2.05) is 45.2 Å². The van der Waals surface area contributed by atoms with E-state index >= 15 is 0 Å². The van der Waals surface area contributed by atoms with E-state index in [0.29, 0.717) is 5.56 Å². The number of carboxylic acid groups (broad SMARTS) is 2. The standard InChI is InChI=1S/C21H32N2O2.C2H2O4/c1-16(2)22(3)21(24)17-8-10-20(11-9-17)25-13-5-12-23-14-18-6-4-7-19(18)15-23;3-1(4)2(5)6/h8-11,16,18-19H,4-7,12-15H2,1-3H3;(H,3,4)(H,5,6). The molecule has 8 heteroatoms. The van der Waals surface area contributed by atoms with Crippen LogP contribution in [0.25, 0.3) is 0 Å². The fraction of sp³-hybridized carbons (Fsp3) is 0.609. The van der Waals surface area contributed by atoms with Crippen molar-refractivity contribution in [1.29, 1.82) is 0 Å². The summed E-state index contributed by atoms with van der Waals surface area (Å²) in [5.74, 6) is -0.807. The van der Waals surface area contributed by atoms with Crippen LogP contribution in [0.15, 0.2) is 24.3 Å². The lowest BCUT2D eigenvalue weighted by molar-refractivity contribution is -0.159. The number of ether oxygens (including phenoxy) is 1. The summed E-state index contributed by atoms with van der Waals surface area (Å²) < 4.78 is 5.85. The van der Waals surface area contributed by atoms with Gasteiger partial charge in [0.05, 0.1) is 6.61 Å². The highest BCUT2D eigenvalue weighted by Crippen LogP contribution is 2.37. The molecule has 2 N–H and O–H groups in total. The smallest absolute Gasteiger partial charge is 0.414 e. The number of benzene rings is 1. The molecule has 2 unspecified atom stereocenters. The van der Waals surface area contributed by atoms with Crippen molar-refractivity contribution in [2.45, 2.75) is 45.6 Å². The van der Waals surface area contributed by atoms with Gasteiger partial charge in [0.15, 0.2) is 0 Å². The van der Waals surface area contributed by atoms with E-state index in [0.717, 1.165) is 37.2 Å². The number of rotatable bonds is 7. The maximum Gasteiger partial charge on any atom is 0.414 e. The topological polar surface area (TPSA) is 107 Å². The third-order valence-electron chi connectivity index (χ3n) is 6.07. The Kier molecular flexibility index (Phi) is 9.30. The molecule has 1 saturated carbocycles. The summed E-state index contributed by atoms with van der Waals surface area (Å²) in [7, 11) is 1.84. The summed E-state index contributed by atoms with van der Waals surface area (Å²) >= 11 is 0. The first-order chi connectivity index (χ1) is 14.7. The van der Waals surface area contributed by atoms with Crippen molar-refractivity contribution >= 4 is 17.8 Å². The molecule has 0 aromatic heterocycles. The number of aliphatic carboxylic acids is 2. The van der Waals surface area contributed by atoms with Gasteiger partial charge in [-0.2, -0.15) is 0 Å². The van der Waals surface area contributed by atoms with Crippen LogP contribution in [-0.2, 0) is 9.59 Å². The van der Waals surface area contributed by atoms with Gasteiger partial charge in [0, 0.05) is 38.3 Å².